The average molecular weight is 1000 g/mol. The molecule has 3 aliphatic heterocycles. The predicted molar refractivity (Wildman–Crippen MR) is 242 cm³/mol. The van der Waals surface area contributed by atoms with Gasteiger partial charge in [0.2, 0.25) is 11.6 Å². The molecule has 0 aromatic heterocycles. The lowest BCUT2D eigenvalue weighted by molar-refractivity contribution is -0.432. The molecule has 1 N–H and O–H groups in total. The zero-order valence-electron chi connectivity index (χ0n) is 37.2. The van der Waals surface area contributed by atoms with Crippen LogP contribution in [0.3, 0.4) is 0 Å². The first-order valence-electron chi connectivity index (χ1n) is 21.1. The van der Waals surface area contributed by atoms with Crippen molar-refractivity contribution in [3.8, 4) is 0 Å². The smallest absolute Gasteiger partial charge is 0.253 e. The molecule has 0 saturated heterocycles. The Morgan fingerprint density at radius 2 is 1.28 bits per heavy atom. The molecule has 364 valence electrons. The van der Waals surface area contributed by atoms with Gasteiger partial charge in [0.1, 0.15) is 30.4 Å². The van der Waals surface area contributed by atoms with Gasteiger partial charge in [0, 0.05) is 72.7 Å². The molecule has 3 aliphatic rings. The van der Waals surface area contributed by atoms with E-state index in [9.17, 15) is 66.3 Å². The van der Waals surface area contributed by atoms with Crippen LogP contribution in [0.2, 0.25) is 0 Å². The second-order valence-electron chi connectivity index (χ2n) is 17.2. The van der Waals surface area contributed by atoms with Gasteiger partial charge in [-0.1, -0.05) is 51.0 Å². The van der Waals surface area contributed by atoms with E-state index in [1.165, 1.54) is 36.4 Å². The van der Waals surface area contributed by atoms with Crippen LogP contribution in [0, 0.1) is 0 Å². The largest absolute Gasteiger partial charge is 0.748 e. The highest BCUT2D eigenvalue weighted by molar-refractivity contribution is 7.86. The number of hydrogen-bond acceptors (Lipinski definition) is 16. The Kier molecular flexibility index (Phi) is 16.3. The van der Waals surface area contributed by atoms with E-state index in [1.807, 2.05) is 0 Å². The Morgan fingerprint density at radius 1 is 0.701 bits per heavy atom. The van der Waals surface area contributed by atoms with Crippen LogP contribution in [0.25, 0.3) is 0 Å². The molecule has 0 unspecified atom stereocenters. The number of benzene rings is 2. The molecule has 67 heavy (non-hydrogen) atoms. The molecule has 0 fully saturated rings. The van der Waals surface area contributed by atoms with Crippen molar-refractivity contribution in [1.82, 2.24) is 10.2 Å². The van der Waals surface area contributed by atoms with Crippen molar-refractivity contribution in [3.05, 3.63) is 107 Å². The molecule has 0 saturated carbocycles. The minimum Gasteiger partial charge on any atom is -0.748 e. The highest BCUT2D eigenvalue weighted by Crippen LogP contribution is 2.48. The Labute approximate surface area is 391 Å². The van der Waals surface area contributed by atoms with Crippen LogP contribution >= 0.6 is 0 Å². The quantitative estimate of drug-likeness (QED) is 0.0583. The van der Waals surface area contributed by atoms with Crippen molar-refractivity contribution in [1.29, 1.82) is 0 Å². The summed E-state index contributed by atoms with van der Waals surface area (Å²) in [4.78, 5) is 37.6. The second-order valence-corrected chi connectivity index (χ2v) is 23.0. The van der Waals surface area contributed by atoms with E-state index >= 15 is 0 Å². The van der Waals surface area contributed by atoms with E-state index in [0.29, 0.717) is 66.0 Å². The van der Waals surface area contributed by atoms with Gasteiger partial charge in [0.25, 0.3) is 11.8 Å². The van der Waals surface area contributed by atoms with Crippen LogP contribution in [0.4, 0.5) is 11.4 Å². The van der Waals surface area contributed by atoms with Crippen molar-refractivity contribution < 1.29 is 70.8 Å². The third-order valence-corrected chi connectivity index (χ3v) is 14.8. The number of nitrogens with one attached hydrogen (secondary N) is 1. The summed E-state index contributed by atoms with van der Waals surface area (Å²) >= 11 is 0. The first-order valence-corrected chi connectivity index (χ1v) is 27.0. The van der Waals surface area contributed by atoms with Gasteiger partial charge in [-0.15, -0.1) is 0 Å². The zero-order valence-corrected chi connectivity index (χ0v) is 40.4. The number of hydrogen-bond donors (Lipinski definition) is 1. The topological polar surface area (TPSA) is 302 Å². The van der Waals surface area contributed by atoms with Gasteiger partial charge in [-0.2, -0.15) is 4.58 Å². The molecule has 0 radical (unpaired) electrons. The van der Waals surface area contributed by atoms with Crippen molar-refractivity contribution in [2.75, 3.05) is 42.6 Å². The fourth-order valence-corrected chi connectivity index (χ4v) is 10.1. The molecule has 0 spiro atoms. The van der Waals surface area contributed by atoms with E-state index in [0.717, 1.165) is 22.6 Å². The van der Waals surface area contributed by atoms with Gasteiger partial charge in [-0.3, -0.25) is 19.3 Å². The number of anilines is 1. The number of amides is 3. The minimum absolute atomic E-state index is 0.0534. The zero-order chi connectivity index (χ0) is 49.8. The highest BCUT2D eigenvalue weighted by atomic mass is 32.2. The van der Waals surface area contributed by atoms with Gasteiger partial charge in [-0.25, -0.2) is 33.7 Å². The van der Waals surface area contributed by atoms with Gasteiger partial charge in [0.05, 0.1) is 36.8 Å². The summed E-state index contributed by atoms with van der Waals surface area (Å²) in [5, 5.41) is 2.71. The maximum Gasteiger partial charge on any atom is 0.253 e. The lowest BCUT2D eigenvalue weighted by atomic mass is 9.81. The van der Waals surface area contributed by atoms with E-state index in [1.54, 1.807) is 73.6 Å². The summed E-state index contributed by atoms with van der Waals surface area (Å²) in [6, 6.07) is 7.46. The number of imide groups is 1. The monoisotopic (exact) mass is 1000 g/mol. The number of carbonyl (C=O) groups excluding carboxylic acids is 3. The van der Waals surface area contributed by atoms with Crippen LogP contribution in [-0.2, 0) is 65.7 Å². The van der Waals surface area contributed by atoms with Crippen LogP contribution in [-0.4, -0.2) is 122 Å². The Bertz CT molecular complexity index is 2950. The van der Waals surface area contributed by atoms with Crippen molar-refractivity contribution in [3.63, 3.8) is 0 Å². The van der Waals surface area contributed by atoms with Gasteiger partial charge < -0.3 is 28.4 Å². The highest BCUT2D eigenvalue weighted by Gasteiger charge is 2.45. The van der Waals surface area contributed by atoms with E-state index in [4.69, 9.17) is 0 Å². The molecular formula is C44H51N4O15S4-3. The van der Waals surface area contributed by atoms with E-state index < -0.39 is 84.4 Å². The Balaban J connectivity index is 1.42. The molecule has 23 heteroatoms. The van der Waals surface area contributed by atoms with Gasteiger partial charge >= 0.3 is 0 Å². The molecular weight excluding hydrogens is 953 g/mol. The minimum atomic E-state index is -4.85. The van der Waals surface area contributed by atoms with Crippen LogP contribution < -0.4 is 10.2 Å². The first-order chi connectivity index (χ1) is 31.0. The SMILES string of the molecule is CC1(C)C(/C=C/C=C(/C=C/C=C2/N(CCS(=O)(=O)[O-])c3ccc(S(=O)(=O)[O-])cc3C2(C)C)CCCCCCC(=O)NCCN2C(=O)C=CC2=O)=[N+](CCS(=O)(=O)[O-])c2ccc(S(=O)(=O)[O-])cc21. The van der Waals surface area contributed by atoms with E-state index in [2.05, 4.69) is 5.32 Å². The third kappa shape index (κ3) is 13.5. The molecule has 0 bridgehead atoms. The molecule has 3 heterocycles. The summed E-state index contributed by atoms with van der Waals surface area (Å²) in [5.41, 5.74) is 1.44. The molecule has 5 rings (SSSR count). The molecule has 0 atom stereocenters. The molecule has 3 amide bonds. The maximum atomic E-state index is 12.4. The number of unbranched alkanes of at least 4 members (excludes halogenated alkanes) is 3. The number of carbonyl (C=O) groups is 3. The van der Waals surface area contributed by atoms with Gasteiger partial charge in [0.15, 0.2) is 12.3 Å². The van der Waals surface area contributed by atoms with Crippen LogP contribution in [0.15, 0.2) is 106 Å². The van der Waals surface area contributed by atoms with Crippen molar-refractivity contribution in [2.45, 2.75) is 86.8 Å². The lowest BCUT2D eigenvalue weighted by Gasteiger charge is -2.27. The molecule has 2 aromatic rings. The Hall–Kier alpha value is -5.14. The third-order valence-electron chi connectivity index (χ3n) is 11.7. The molecule has 2 aromatic carbocycles. The predicted octanol–water partition coefficient (Wildman–Crippen LogP) is 3.06. The summed E-state index contributed by atoms with van der Waals surface area (Å²) in [6.07, 6.45) is 15.9. The maximum absolute atomic E-state index is 12.4. The fraction of sp³-hybridized carbons (Fsp3) is 0.409. The lowest BCUT2D eigenvalue weighted by Crippen LogP contribution is -2.38. The summed E-state index contributed by atoms with van der Waals surface area (Å²) in [5.74, 6) is -2.66. The summed E-state index contributed by atoms with van der Waals surface area (Å²) in [6.45, 7) is 6.64. The molecule has 0 aliphatic carbocycles. The van der Waals surface area contributed by atoms with Crippen LogP contribution in [0.1, 0.15) is 77.3 Å². The standard InChI is InChI=1S/C44H54N4O15S4/c1-43(2)34-29-32(66(58,59)60)17-19-36(34)46(25-27-64(52,53)54)38(43)14-9-12-31(11-7-5-6-8-16-40(49)45-23-24-48-41(50)21-22-42(48)51)13-10-15-39-44(3,4)35-30-33(67(61,62)63)18-20-37(35)47(39)26-28-65(55,56)57/h9-10,12-15,17-22,29-30H,5-8,11,16,23-28H2,1-4H3,(H4-,45,49,52,53,54,55,56,57,58,59,60,61,62,63)/p-3. The summed E-state index contributed by atoms with van der Waals surface area (Å²) < 4.78 is 144. The number of allylic oxidation sites excluding steroid dienone is 8. The van der Waals surface area contributed by atoms with Crippen LogP contribution in [0.5, 0.6) is 0 Å². The molecule has 19 nitrogen and oxygen atoms in total. The average Bonchev–Trinajstić information content (AvgIpc) is 3.73. The number of nitrogens with zero attached hydrogens (tertiary/aromatic N) is 3. The van der Waals surface area contributed by atoms with Gasteiger partial charge in [-0.05, 0) is 80.7 Å². The fourth-order valence-electron chi connectivity index (χ4n) is 8.27. The first kappa shape index (κ1) is 52.8. The van der Waals surface area contributed by atoms with Crippen molar-refractivity contribution >= 4 is 75.3 Å². The Morgan fingerprint density at radius 3 is 1.88 bits per heavy atom. The second kappa shape index (κ2) is 20.6. The number of fused-ring (bicyclic) bond motifs is 2. The van der Waals surface area contributed by atoms with Crippen molar-refractivity contribution in [2.24, 2.45) is 0 Å². The van der Waals surface area contributed by atoms with E-state index in [-0.39, 0.29) is 38.5 Å². The number of rotatable bonds is 22. The summed E-state index contributed by atoms with van der Waals surface area (Å²) in [7, 11) is -19.1. The normalized spacial score (nSPS) is 18.0.